The summed E-state index contributed by atoms with van der Waals surface area (Å²) in [5.74, 6) is 1.38. The van der Waals surface area contributed by atoms with Gasteiger partial charge in [0.2, 0.25) is 11.7 Å². The third kappa shape index (κ3) is 2.80. The molecule has 1 amide bonds. The fourth-order valence-electron chi connectivity index (χ4n) is 2.93. The number of hydrogen-bond donors (Lipinski definition) is 0. The van der Waals surface area contributed by atoms with E-state index in [4.69, 9.17) is 8.94 Å². The molecule has 4 heterocycles. The maximum Gasteiger partial charge on any atom is 0.289 e. The number of carbonyl (C=O) groups is 1. The Labute approximate surface area is 138 Å². The molecule has 3 aromatic heterocycles. The molecule has 0 bridgehead atoms. The Bertz CT molecular complexity index is 814. The summed E-state index contributed by atoms with van der Waals surface area (Å²) in [6.45, 7) is 1.26. The first kappa shape index (κ1) is 14.6. The molecule has 0 aromatic carbocycles. The molecule has 3 aromatic rings. The fraction of sp³-hybridized carbons (Fsp3) is 0.294. The van der Waals surface area contributed by atoms with Gasteiger partial charge in [0.25, 0.3) is 5.91 Å². The Hall–Kier alpha value is -2.96. The molecule has 0 unspecified atom stereocenters. The molecule has 0 aliphatic carbocycles. The van der Waals surface area contributed by atoms with Crippen LogP contribution in [-0.4, -0.2) is 39.0 Å². The Morgan fingerprint density at radius 3 is 3.04 bits per heavy atom. The number of rotatable bonds is 3. The summed E-state index contributed by atoms with van der Waals surface area (Å²) in [6, 6.07) is 7.11. The van der Waals surface area contributed by atoms with Crippen molar-refractivity contribution in [2.24, 2.45) is 0 Å². The van der Waals surface area contributed by atoms with Crippen LogP contribution in [0.2, 0.25) is 0 Å². The number of amides is 1. The predicted octanol–water partition coefficient (Wildman–Crippen LogP) is 2.74. The summed E-state index contributed by atoms with van der Waals surface area (Å²) in [4.78, 5) is 22.7. The molecule has 1 saturated heterocycles. The van der Waals surface area contributed by atoms with Crippen LogP contribution in [0, 0.1) is 0 Å². The van der Waals surface area contributed by atoms with Gasteiger partial charge in [-0.3, -0.25) is 9.78 Å². The van der Waals surface area contributed by atoms with Crippen LogP contribution >= 0.6 is 0 Å². The minimum Gasteiger partial charge on any atom is -0.459 e. The van der Waals surface area contributed by atoms with Gasteiger partial charge in [-0.2, -0.15) is 4.98 Å². The monoisotopic (exact) mass is 324 g/mol. The number of hydrogen-bond acceptors (Lipinski definition) is 6. The molecule has 0 N–H and O–H groups in total. The SMILES string of the molecule is O=C(c1ccco1)N1CCC[C@@H](c2nc(-c3cccnc3)no2)C1. The third-order valence-electron chi connectivity index (χ3n) is 4.15. The molecule has 24 heavy (non-hydrogen) atoms. The van der Waals surface area contributed by atoms with E-state index >= 15 is 0 Å². The quantitative estimate of drug-likeness (QED) is 0.736. The van der Waals surface area contributed by atoms with Gasteiger partial charge < -0.3 is 13.8 Å². The van der Waals surface area contributed by atoms with E-state index in [-0.39, 0.29) is 11.8 Å². The second kappa shape index (κ2) is 6.27. The molecule has 0 radical (unpaired) electrons. The van der Waals surface area contributed by atoms with E-state index in [0.29, 0.717) is 30.6 Å². The van der Waals surface area contributed by atoms with Crippen LogP contribution in [0.25, 0.3) is 11.4 Å². The lowest BCUT2D eigenvalue weighted by atomic mass is 9.97. The lowest BCUT2D eigenvalue weighted by Crippen LogP contribution is -2.39. The van der Waals surface area contributed by atoms with Crippen molar-refractivity contribution >= 4 is 5.91 Å². The van der Waals surface area contributed by atoms with Crippen molar-refractivity contribution < 1.29 is 13.7 Å². The van der Waals surface area contributed by atoms with Crippen LogP contribution in [0.4, 0.5) is 0 Å². The fourth-order valence-corrected chi connectivity index (χ4v) is 2.93. The highest BCUT2D eigenvalue weighted by atomic mass is 16.5. The highest BCUT2D eigenvalue weighted by Crippen LogP contribution is 2.28. The van der Waals surface area contributed by atoms with E-state index in [1.54, 1.807) is 29.4 Å². The number of furan rings is 1. The molecular weight excluding hydrogens is 308 g/mol. The zero-order valence-corrected chi connectivity index (χ0v) is 13.0. The second-order valence-electron chi connectivity index (χ2n) is 5.77. The van der Waals surface area contributed by atoms with E-state index in [0.717, 1.165) is 18.4 Å². The maximum atomic E-state index is 12.4. The summed E-state index contributed by atoms with van der Waals surface area (Å²) in [5.41, 5.74) is 0.812. The van der Waals surface area contributed by atoms with E-state index in [2.05, 4.69) is 15.1 Å². The molecule has 1 fully saturated rings. The number of likely N-dealkylation sites (tertiary alicyclic amines) is 1. The normalized spacial score (nSPS) is 17.8. The van der Waals surface area contributed by atoms with E-state index in [1.165, 1.54) is 6.26 Å². The van der Waals surface area contributed by atoms with Gasteiger partial charge in [-0.1, -0.05) is 5.16 Å². The topological polar surface area (TPSA) is 85.3 Å². The molecule has 7 nitrogen and oxygen atoms in total. The Kier molecular flexibility index (Phi) is 3.82. The first-order valence-corrected chi connectivity index (χ1v) is 7.88. The first-order chi connectivity index (χ1) is 11.8. The maximum absolute atomic E-state index is 12.4. The molecule has 1 aliphatic heterocycles. The summed E-state index contributed by atoms with van der Waals surface area (Å²) < 4.78 is 10.6. The van der Waals surface area contributed by atoms with Crippen molar-refractivity contribution in [2.75, 3.05) is 13.1 Å². The second-order valence-corrected chi connectivity index (χ2v) is 5.77. The predicted molar refractivity (Wildman–Crippen MR) is 84.1 cm³/mol. The minimum atomic E-state index is -0.100. The van der Waals surface area contributed by atoms with Crippen molar-refractivity contribution in [3.05, 3.63) is 54.6 Å². The minimum absolute atomic E-state index is 0.0376. The number of pyridine rings is 1. The summed E-state index contributed by atoms with van der Waals surface area (Å²) in [7, 11) is 0. The lowest BCUT2D eigenvalue weighted by molar-refractivity contribution is 0.0663. The Morgan fingerprint density at radius 1 is 1.29 bits per heavy atom. The van der Waals surface area contributed by atoms with Crippen LogP contribution < -0.4 is 0 Å². The summed E-state index contributed by atoms with van der Waals surface area (Å²) in [6.07, 6.45) is 6.71. The molecule has 7 heteroatoms. The average molecular weight is 324 g/mol. The van der Waals surface area contributed by atoms with Crippen molar-refractivity contribution in [2.45, 2.75) is 18.8 Å². The number of piperidine rings is 1. The van der Waals surface area contributed by atoms with E-state index in [1.807, 2.05) is 12.1 Å². The molecule has 4 rings (SSSR count). The molecule has 0 saturated carbocycles. The van der Waals surface area contributed by atoms with Crippen LogP contribution in [-0.2, 0) is 0 Å². The lowest BCUT2D eigenvalue weighted by Gasteiger charge is -2.30. The number of aromatic nitrogens is 3. The number of nitrogens with zero attached hydrogens (tertiary/aromatic N) is 4. The number of carbonyl (C=O) groups excluding carboxylic acids is 1. The van der Waals surface area contributed by atoms with Crippen molar-refractivity contribution in [3.63, 3.8) is 0 Å². The van der Waals surface area contributed by atoms with Crippen LogP contribution in [0.15, 0.2) is 51.9 Å². The van der Waals surface area contributed by atoms with Gasteiger partial charge in [-0.25, -0.2) is 0 Å². The third-order valence-corrected chi connectivity index (χ3v) is 4.15. The van der Waals surface area contributed by atoms with Crippen LogP contribution in [0.5, 0.6) is 0 Å². The highest BCUT2D eigenvalue weighted by molar-refractivity contribution is 5.91. The van der Waals surface area contributed by atoms with Crippen molar-refractivity contribution in [1.82, 2.24) is 20.0 Å². The van der Waals surface area contributed by atoms with Gasteiger partial charge in [-0.15, -0.1) is 0 Å². The van der Waals surface area contributed by atoms with E-state index in [9.17, 15) is 4.79 Å². The van der Waals surface area contributed by atoms with Crippen LogP contribution in [0.3, 0.4) is 0 Å². The standard InChI is InChI=1S/C17H16N4O3/c22-17(14-6-3-9-23-14)21-8-2-5-13(11-21)16-19-15(20-24-16)12-4-1-7-18-10-12/h1,3-4,6-7,9-10,13H,2,5,8,11H2/t13-/m1/s1. The largest absolute Gasteiger partial charge is 0.459 e. The Balaban J connectivity index is 1.50. The highest BCUT2D eigenvalue weighted by Gasteiger charge is 2.30. The zero-order chi connectivity index (χ0) is 16.4. The molecule has 1 atom stereocenters. The first-order valence-electron chi connectivity index (χ1n) is 7.88. The molecular formula is C17H16N4O3. The molecule has 0 spiro atoms. The smallest absolute Gasteiger partial charge is 0.289 e. The van der Waals surface area contributed by atoms with Gasteiger partial charge in [-0.05, 0) is 37.1 Å². The van der Waals surface area contributed by atoms with Crippen LogP contribution in [0.1, 0.15) is 35.2 Å². The zero-order valence-electron chi connectivity index (χ0n) is 13.0. The van der Waals surface area contributed by atoms with Crippen molar-refractivity contribution in [3.8, 4) is 11.4 Å². The van der Waals surface area contributed by atoms with Gasteiger partial charge in [0.15, 0.2) is 5.76 Å². The van der Waals surface area contributed by atoms with Gasteiger partial charge in [0, 0.05) is 31.0 Å². The van der Waals surface area contributed by atoms with E-state index < -0.39 is 0 Å². The molecule has 122 valence electrons. The van der Waals surface area contributed by atoms with Crippen molar-refractivity contribution in [1.29, 1.82) is 0 Å². The van der Waals surface area contributed by atoms with Gasteiger partial charge in [0.05, 0.1) is 12.2 Å². The van der Waals surface area contributed by atoms with Gasteiger partial charge >= 0.3 is 0 Å². The molecule has 1 aliphatic rings. The Morgan fingerprint density at radius 2 is 2.25 bits per heavy atom. The summed E-state index contributed by atoms with van der Waals surface area (Å²) >= 11 is 0. The van der Waals surface area contributed by atoms with Gasteiger partial charge in [0.1, 0.15) is 0 Å². The summed E-state index contributed by atoms with van der Waals surface area (Å²) in [5, 5.41) is 4.03. The average Bonchev–Trinajstić information content (AvgIpc) is 3.34.